The van der Waals surface area contributed by atoms with Gasteiger partial charge in [0.1, 0.15) is 5.75 Å². The average molecular weight is 284 g/mol. The summed E-state index contributed by atoms with van der Waals surface area (Å²) in [7, 11) is 0. The number of hydrogen-bond donors (Lipinski definition) is 2. The average Bonchev–Trinajstić information content (AvgIpc) is 2.45. The van der Waals surface area contributed by atoms with Gasteiger partial charge in [-0.05, 0) is 49.2 Å². The van der Waals surface area contributed by atoms with Crippen molar-refractivity contribution in [1.29, 1.82) is 0 Å². The lowest BCUT2D eigenvalue weighted by atomic mass is 10.1. The minimum absolute atomic E-state index is 0.0762. The van der Waals surface area contributed by atoms with Crippen LogP contribution in [0.3, 0.4) is 0 Å². The lowest BCUT2D eigenvalue weighted by Crippen LogP contribution is -2.15. The van der Waals surface area contributed by atoms with E-state index in [1.807, 2.05) is 44.2 Å². The lowest BCUT2D eigenvalue weighted by molar-refractivity contribution is -0.116. The molecule has 0 aliphatic heterocycles. The first-order valence-electron chi connectivity index (χ1n) is 6.90. The Balaban J connectivity index is 1.82. The van der Waals surface area contributed by atoms with Crippen molar-refractivity contribution in [1.82, 2.24) is 0 Å². The number of nitrogens with two attached hydrogens (primary N) is 1. The third-order valence-corrected chi connectivity index (χ3v) is 3.30. The molecule has 4 nitrogen and oxygen atoms in total. The highest BCUT2D eigenvalue weighted by molar-refractivity contribution is 5.90. The summed E-state index contributed by atoms with van der Waals surface area (Å²) in [6, 6.07) is 13.1. The number of hydrogen-bond acceptors (Lipinski definition) is 3. The van der Waals surface area contributed by atoms with E-state index in [2.05, 4.69) is 5.32 Å². The van der Waals surface area contributed by atoms with Crippen LogP contribution < -0.4 is 15.8 Å². The number of rotatable bonds is 5. The number of para-hydroxylation sites is 2. The van der Waals surface area contributed by atoms with Crippen molar-refractivity contribution in [3.05, 3.63) is 53.6 Å². The van der Waals surface area contributed by atoms with Crippen LogP contribution in [0.5, 0.6) is 5.75 Å². The molecule has 0 saturated heterocycles. The quantitative estimate of drug-likeness (QED) is 0.828. The zero-order valence-corrected chi connectivity index (χ0v) is 12.3. The molecule has 0 fully saturated rings. The van der Waals surface area contributed by atoms with E-state index in [4.69, 9.17) is 10.5 Å². The molecule has 0 heterocycles. The van der Waals surface area contributed by atoms with E-state index >= 15 is 0 Å². The Morgan fingerprint density at radius 2 is 1.90 bits per heavy atom. The molecule has 0 bridgehead atoms. The van der Waals surface area contributed by atoms with Crippen LogP contribution in [0.25, 0.3) is 0 Å². The maximum Gasteiger partial charge on any atom is 0.227 e. The molecule has 3 N–H and O–H groups in total. The number of nitrogen functional groups attached to an aromatic ring is 1. The Kier molecular flexibility index (Phi) is 4.82. The lowest BCUT2D eigenvalue weighted by Gasteiger charge is -2.10. The van der Waals surface area contributed by atoms with E-state index in [1.165, 1.54) is 5.56 Å². The van der Waals surface area contributed by atoms with Gasteiger partial charge in [-0.3, -0.25) is 4.79 Å². The van der Waals surface area contributed by atoms with Gasteiger partial charge in [0.25, 0.3) is 0 Å². The Morgan fingerprint density at radius 3 is 2.62 bits per heavy atom. The van der Waals surface area contributed by atoms with Gasteiger partial charge in [-0.2, -0.15) is 0 Å². The molecule has 0 aromatic heterocycles. The number of ether oxygens (including phenoxy) is 1. The molecule has 0 saturated carbocycles. The molecule has 2 aromatic rings. The van der Waals surface area contributed by atoms with Gasteiger partial charge in [-0.1, -0.05) is 18.2 Å². The Morgan fingerprint density at radius 1 is 1.14 bits per heavy atom. The van der Waals surface area contributed by atoms with Crippen molar-refractivity contribution in [2.45, 2.75) is 20.3 Å². The summed E-state index contributed by atoms with van der Waals surface area (Å²) in [6.07, 6.45) is 0.279. The first-order chi connectivity index (χ1) is 10.1. The van der Waals surface area contributed by atoms with Gasteiger partial charge in [-0.25, -0.2) is 0 Å². The van der Waals surface area contributed by atoms with Crippen molar-refractivity contribution in [3.63, 3.8) is 0 Å². The van der Waals surface area contributed by atoms with E-state index in [0.717, 1.165) is 11.3 Å². The van der Waals surface area contributed by atoms with Gasteiger partial charge < -0.3 is 15.8 Å². The minimum Gasteiger partial charge on any atom is -0.491 e. The van der Waals surface area contributed by atoms with Crippen LogP contribution in [-0.4, -0.2) is 12.5 Å². The second-order valence-corrected chi connectivity index (χ2v) is 4.98. The Hall–Kier alpha value is -2.49. The molecular formula is C17H20N2O2. The Labute approximate surface area is 124 Å². The molecule has 2 rings (SSSR count). The summed E-state index contributed by atoms with van der Waals surface area (Å²) in [5.41, 5.74) is 9.51. The molecule has 21 heavy (non-hydrogen) atoms. The third-order valence-electron chi connectivity index (χ3n) is 3.30. The summed E-state index contributed by atoms with van der Waals surface area (Å²) >= 11 is 0. The topological polar surface area (TPSA) is 64.3 Å². The zero-order valence-electron chi connectivity index (χ0n) is 12.3. The van der Waals surface area contributed by atoms with Crippen molar-refractivity contribution in [2.24, 2.45) is 0 Å². The van der Waals surface area contributed by atoms with Crippen LogP contribution >= 0.6 is 0 Å². The summed E-state index contributed by atoms with van der Waals surface area (Å²) < 4.78 is 5.50. The fraction of sp³-hybridized carbons (Fsp3) is 0.235. The van der Waals surface area contributed by atoms with Crippen LogP contribution in [0.4, 0.5) is 11.4 Å². The first-order valence-corrected chi connectivity index (χ1v) is 6.90. The molecule has 0 atom stereocenters. The van der Waals surface area contributed by atoms with Crippen LogP contribution in [0.15, 0.2) is 42.5 Å². The second kappa shape index (κ2) is 6.79. The number of benzene rings is 2. The van der Waals surface area contributed by atoms with E-state index in [9.17, 15) is 4.79 Å². The molecule has 0 unspecified atom stereocenters. The first kappa shape index (κ1) is 14.9. The van der Waals surface area contributed by atoms with E-state index in [1.54, 1.807) is 12.1 Å². The van der Waals surface area contributed by atoms with Crippen LogP contribution in [0, 0.1) is 13.8 Å². The zero-order chi connectivity index (χ0) is 15.2. The molecule has 1 amide bonds. The summed E-state index contributed by atoms with van der Waals surface area (Å²) in [5, 5.41) is 2.86. The number of aryl methyl sites for hydroxylation is 2. The number of amides is 1. The van der Waals surface area contributed by atoms with Crippen LogP contribution in [-0.2, 0) is 4.79 Å². The van der Waals surface area contributed by atoms with Gasteiger partial charge in [0.05, 0.1) is 18.7 Å². The highest BCUT2D eigenvalue weighted by Crippen LogP contribution is 2.20. The molecular weight excluding hydrogens is 264 g/mol. The molecule has 0 radical (unpaired) electrons. The van der Waals surface area contributed by atoms with Crippen molar-refractivity contribution >= 4 is 17.3 Å². The third kappa shape index (κ3) is 4.24. The van der Waals surface area contributed by atoms with Gasteiger partial charge in [0.2, 0.25) is 5.91 Å². The second-order valence-electron chi connectivity index (χ2n) is 4.98. The summed E-state index contributed by atoms with van der Waals surface area (Å²) in [4.78, 5) is 11.9. The largest absolute Gasteiger partial charge is 0.491 e. The maximum atomic E-state index is 11.9. The number of nitrogens with one attached hydrogen (secondary N) is 1. The normalized spacial score (nSPS) is 10.2. The fourth-order valence-electron chi connectivity index (χ4n) is 1.91. The molecule has 0 aliphatic rings. The Bertz CT molecular complexity index is 638. The summed E-state index contributed by atoms with van der Waals surface area (Å²) in [5.74, 6) is 0.532. The van der Waals surface area contributed by atoms with Crippen molar-refractivity contribution in [2.75, 3.05) is 17.7 Å². The fourth-order valence-corrected chi connectivity index (χ4v) is 1.91. The number of anilines is 2. The predicted octanol–water partition coefficient (Wildman–Crippen LogP) is 3.29. The predicted molar refractivity (Wildman–Crippen MR) is 85.5 cm³/mol. The standard InChI is InChI=1S/C17H20N2O2/c1-12-7-8-14(11-13(12)2)19-17(20)9-10-21-16-6-4-3-5-15(16)18/h3-8,11H,9-10,18H2,1-2H3,(H,19,20). The van der Waals surface area contributed by atoms with E-state index in [0.29, 0.717) is 18.0 Å². The number of carbonyl (C=O) groups is 1. The van der Waals surface area contributed by atoms with Gasteiger partial charge >= 0.3 is 0 Å². The van der Waals surface area contributed by atoms with Crippen molar-refractivity contribution in [3.8, 4) is 5.75 Å². The molecule has 0 spiro atoms. The van der Waals surface area contributed by atoms with E-state index < -0.39 is 0 Å². The minimum atomic E-state index is -0.0762. The monoisotopic (exact) mass is 284 g/mol. The molecule has 2 aromatic carbocycles. The molecule has 4 heteroatoms. The van der Waals surface area contributed by atoms with Gasteiger partial charge in [-0.15, -0.1) is 0 Å². The molecule has 0 aliphatic carbocycles. The molecule has 110 valence electrons. The summed E-state index contributed by atoms with van der Waals surface area (Å²) in [6.45, 7) is 4.36. The van der Waals surface area contributed by atoms with Crippen LogP contribution in [0.2, 0.25) is 0 Å². The highest BCUT2D eigenvalue weighted by Gasteiger charge is 2.05. The van der Waals surface area contributed by atoms with Gasteiger partial charge in [0, 0.05) is 5.69 Å². The van der Waals surface area contributed by atoms with Gasteiger partial charge in [0.15, 0.2) is 0 Å². The van der Waals surface area contributed by atoms with Crippen LogP contribution in [0.1, 0.15) is 17.5 Å². The number of carbonyl (C=O) groups excluding carboxylic acids is 1. The van der Waals surface area contributed by atoms with Crippen molar-refractivity contribution < 1.29 is 9.53 Å². The maximum absolute atomic E-state index is 11.9. The smallest absolute Gasteiger partial charge is 0.227 e. The highest BCUT2D eigenvalue weighted by atomic mass is 16.5. The SMILES string of the molecule is Cc1ccc(NC(=O)CCOc2ccccc2N)cc1C. The van der Waals surface area contributed by atoms with E-state index in [-0.39, 0.29) is 12.3 Å².